The number of anilines is 1. The fraction of sp³-hybridized carbons (Fsp3) is 0.364. The van der Waals surface area contributed by atoms with Gasteiger partial charge in [0.25, 0.3) is 0 Å². The Bertz CT molecular complexity index is 1150. The van der Waals surface area contributed by atoms with Crippen LogP contribution in [0.3, 0.4) is 0 Å². The molecule has 0 saturated carbocycles. The van der Waals surface area contributed by atoms with Crippen molar-refractivity contribution >= 4 is 18.3 Å². The molecule has 3 aromatic heterocycles. The number of nitrogens with zero attached hydrogens (tertiary/aromatic N) is 7. The fourth-order valence-electron chi connectivity index (χ4n) is 3.82. The quantitative estimate of drug-likeness (QED) is 0.577. The highest BCUT2D eigenvalue weighted by Crippen LogP contribution is 2.19. The second kappa shape index (κ2) is 10.3. The van der Waals surface area contributed by atoms with Crippen LogP contribution in [0.25, 0.3) is 5.82 Å². The molecule has 3 aromatic rings. The summed E-state index contributed by atoms with van der Waals surface area (Å²) in [5, 5.41) is 12.2. The van der Waals surface area contributed by atoms with Crippen LogP contribution >= 0.6 is 0 Å². The molecule has 1 aliphatic rings. The number of rotatable bonds is 4. The Morgan fingerprint density at radius 3 is 2.73 bits per heavy atom. The van der Waals surface area contributed by atoms with Crippen molar-refractivity contribution in [1.82, 2.24) is 35.5 Å². The summed E-state index contributed by atoms with van der Waals surface area (Å²) >= 11 is 0. The van der Waals surface area contributed by atoms with E-state index in [1.54, 1.807) is 24.0 Å². The van der Waals surface area contributed by atoms with Gasteiger partial charge in [-0.1, -0.05) is 0 Å². The van der Waals surface area contributed by atoms with E-state index in [4.69, 9.17) is 0 Å². The maximum atomic E-state index is 13.7. The summed E-state index contributed by atoms with van der Waals surface area (Å²) in [6.07, 6.45) is 7.55. The Morgan fingerprint density at radius 1 is 1.12 bits per heavy atom. The molecule has 11 heteroatoms. The Morgan fingerprint density at radius 2 is 1.94 bits per heavy atom. The molecule has 0 fully saturated rings. The molecule has 0 aliphatic carbocycles. The third kappa shape index (κ3) is 5.20. The van der Waals surface area contributed by atoms with E-state index in [1.165, 1.54) is 18.6 Å². The van der Waals surface area contributed by atoms with Gasteiger partial charge in [0.2, 0.25) is 0 Å². The summed E-state index contributed by atoms with van der Waals surface area (Å²) in [6.45, 7) is 6.23. The number of nitrogens with one attached hydrogen (secondary N) is 2. The lowest BCUT2D eigenvalue weighted by atomic mass is 10.1. The number of hydrogen-bond acceptors (Lipinski definition) is 9. The summed E-state index contributed by atoms with van der Waals surface area (Å²) < 4.78 is 15.3. The van der Waals surface area contributed by atoms with E-state index in [0.29, 0.717) is 49.7 Å². The molecule has 0 amide bonds. The molecule has 0 radical (unpaired) electrons. The molecule has 4 rings (SSSR count). The number of aromatic nitrogens is 5. The number of carbonyl (C=O) groups is 1. The normalized spacial score (nSPS) is 18.3. The number of halogens is 1. The van der Waals surface area contributed by atoms with Gasteiger partial charge in [-0.15, -0.1) is 0 Å². The lowest BCUT2D eigenvalue weighted by Crippen LogP contribution is -2.37. The van der Waals surface area contributed by atoms with Gasteiger partial charge < -0.3 is 15.6 Å². The molecule has 33 heavy (non-hydrogen) atoms. The first-order chi connectivity index (χ1) is 16.1. The fourth-order valence-corrected chi connectivity index (χ4v) is 3.82. The molecule has 172 valence electrons. The van der Waals surface area contributed by atoms with E-state index >= 15 is 0 Å². The summed E-state index contributed by atoms with van der Waals surface area (Å²) in [5.41, 5.74) is 5.77. The molecule has 0 spiro atoms. The summed E-state index contributed by atoms with van der Waals surface area (Å²) in [7, 11) is 0. The lowest BCUT2D eigenvalue weighted by molar-refractivity contribution is 0.112. The lowest BCUT2D eigenvalue weighted by Gasteiger charge is -2.25. The van der Waals surface area contributed by atoms with Gasteiger partial charge in [0.15, 0.2) is 12.1 Å². The van der Waals surface area contributed by atoms with Crippen molar-refractivity contribution in [3.63, 3.8) is 0 Å². The van der Waals surface area contributed by atoms with Crippen molar-refractivity contribution in [2.75, 3.05) is 31.1 Å². The monoisotopic (exact) mass is 451 g/mol. The van der Waals surface area contributed by atoms with Crippen molar-refractivity contribution in [2.24, 2.45) is 5.10 Å². The van der Waals surface area contributed by atoms with Crippen molar-refractivity contribution in [3.05, 3.63) is 59.2 Å². The maximum Gasteiger partial charge on any atom is 0.159 e. The third-order valence-electron chi connectivity index (χ3n) is 5.56. The SMILES string of the molecule is Cc1nn(-c2cc(N3CCN/N=C\CC(c4cncc(F)c4)NCC3)ncn2)c(C)c1C=O. The molecule has 0 bridgehead atoms. The van der Waals surface area contributed by atoms with Gasteiger partial charge in [-0.2, -0.15) is 10.2 Å². The van der Waals surface area contributed by atoms with Gasteiger partial charge in [0.1, 0.15) is 18.0 Å². The minimum atomic E-state index is -0.365. The average Bonchev–Trinajstić information content (AvgIpc) is 3.08. The molecule has 10 nitrogen and oxygen atoms in total. The number of pyridine rings is 1. The zero-order valence-corrected chi connectivity index (χ0v) is 18.6. The first-order valence-corrected chi connectivity index (χ1v) is 10.7. The van der Waals surface area contributed by atoms with Crippen LogP contribution in [-0.4, -0.2) is 63.4 Å². The van der Waals surface area contributed by atoms with Crippen LogP contribution in [0.4, 0.5) is 10.2 Å². The topological polar surface area (TPSA) is 113 Å². The molecule has 0 aromatic carbocycles. The van der Waals surface area contributed by atoms with Crippen LogP contribution in [0, 0.1) is 19.7 Å². The molecule has 1 unspecified atom stereocenters. The van der Waals surface area contributed by atoms with E-state index in [0.717, 1.165) is 23.4 Å². The van der Waals surface area contributed by atoms with Crippen molar-refractivity contribution in [1.29, 1.82) is 0 Å². The second-order valence-corrected chi connectivity index (χ2v) is 7.73. The maximum absolute atomic E-state index is 13.7. The van der Waals surface area contributed by atoms with Crippen molar-refractivity contribution < 1.29 is 9.18 Å². The first-order valence-electron chi connectivity index (χ1n) is 10.7. The largest absolute Gasteiger partial charge is 0.353 e. The molecule has 4 heterocycles. The smallest absolute Gasteiger partial charge is 0.159 e. The standard InChI is InChI=1S/C22H26FN9O/c1-15-19(13-33)16(2)32(30-15)22-10-21(26-14-27-22)31-7-5-25-20(3-4-28-29-6-8-31)17-9-18(23)12-24-11-17/h4,9-14,20,25,29H,3,5-8H2,1-2H3/b28-4-. The molecular formula is C22H26FN9O. The average molecular weight is 452 g/mol. The predicted molar refractivity (Wildman–Crippen MR) is 122 cm³/mol. The van der Waals surface area contributed by atoms with Crippen molar-refractivity contribution in [3.8, 4) is 5.82 Å². The number of hydrazone groups is 1. The minimum Gasteiger partial charge on any atom is -0.353 e. The summed E-state index contributed by atoms with van der Waals surface area (Å²) in [4.78, 5) is 26.3. The van der Waals surface area contributed by atoms with Crippen LogP contribution in [0.5, 0.6) is 0 Å². The van der Waals surface area contributed by atoms with Crippen LogP contribution in [0.2, 0.25) is 0 Å². The number of carbonyl (C=O) groups excluding carboxylic acids is 1. The van der Waals surface area contributed by atoms with E-state index in [1.807, 2.05) is 13.0 Å². The molecule has 1 aliphatic heterocycles. The van der Waals surface area contributed by atoms with Crippen LogP contribution in [0.1, 0.15) is 39.8 Å². The van der Waals surface area contributed by atoms with Gasteiger partial charge in [-0.05, 0) is 25.5 Å². The van der Waals surface area contributed by atoms with E-state index < -0.39 is 0 Å². The highest BCUT2D eigenvalue weighted by Gasteiger charge is 2.17. The van der Waals surface area contributed by atoms with E-state index in [2.05, 4.69) is 40.8 Å². The van der Waals surface area contributed by atoms with Crippen LogP contribution in [0.15, 0.2) is 36.0 Å². The third-order valence-corrected chi connectivity index (χ3v) is 5.56. The van der Waals surface area contributed by atoms with Gasteiger partial charge >= 0.3 is 0 Å². The molecule has 2 N–H and O–H groups in total. The van der Waals surface area contributed by atoms with Gasteiger partial charge in [-0.3, -0.25) is 9.78 Å². The molecule has 1 atom stereocenters. The highest BCUT2D eigenvalue weighted by atomic mass is 19.1. The summed E-state index contributed by atoms with van der Waals surface area (Å²) in [5.74, 6) is 0.956. The molecular weight excluding hydrogens is 425 g/mol. The Kier molecular flexibility index (Phi) is 6.98. The Labute approximate surface area is 191 Å². The Hall–Kier alpha value is -3.73. The van der Waals surface area contributed by atoms with Crippen LogP contribution in [-0.2, 0) is 0 Å². The number of aldehydes is 1. The zero-order valence-electron chi connectivity index (χ0n) is 18.6. The highest BCUT2D eigenvalue weighted by molar-refractivity contribution is 5.78. The zero-order chi connectivity index (χ0) is 23.2. The van der Waals surface area contributed by atoms with E-state index in [-0.39, 0.29) is 11.9 Å². The number of aryl methyl sites for hydroxylation is 1. The first kappa shape index (κ1) is 22.5. The van der Waals surface area contributed by atoms with E-state index in [9.17, 15) is 9.18 Å². The Balaban J connectivity index is 1.54. The molecule has 0 saturated heterocycles. The van der Waals surface area contributed by atoms with Gasteiger partial charge in [-0.25, -0.2) is 19.0 Å². The second-order valence-electron chi connectivity index (χ2n) is 7.73. The van der Waals surface area contributed by atoms with Crippen LogP contribution < -0.4 is 15.6 Å². The minimum absolute atomic E-state index is 0.115. The van der Waals surface area contributed by atoms with Crippen molar-refractivity contribution in [2.45, 2.75) is 26.3 Å². The van der Waals surface area contributed by atoms with Gasteiger partial charge in [0.05, 0.1) is 29.7 Å². The van der Waals surface area contributed by atoms with Gasteiger partial charge in [0, 0.05) is 50.6 Å². The predicted octanol–water partition coefficient (Wildman–Crippen LogP) is 1.74. The number of hydrogen-bond donors (Lipinski definition) is 2. The summed E-state index contributed by atoms with van der Waals surface area (Å²) in [6, 6.07) is 3.23.